The summed E-state index contributed by atoms with van der Waals surface area (Å²) in [5, 5.41) is 0.638. The van der Waals surface area contributed by atoms with Crippen LogP contribution in [0.2, 0.25) is 0 Å². The van der Waals surface area contributed by atoms with E-state index in [4.69, 9.17) is 10.5 Å². The standard InChI is InChI=1S/C12H12N2OS/c1-7-3-2-4-8-10-9(16-12(13)14-10)5-6-15-11(7)8/h2-4H,5-6H2,1H3,(H2,13,14). The fraction of sp³-hybridized carbons (Fsp3) is 0.250. The minimum atomic E-state index is 0.638. The van der Waals surface area contributed by atoms with Gasteiger partial charge in [0.15, 0.2) is 5.13 Å². The number of hydrogen-bond acceptors (Lipinski definition) is 4. The lowest BCUT2D eigenvalue weighted by atomic mass is 10.1. The Bertz CT molecular complexity index is 548. The van der Waals surface area contributed by atoms with Crippen LogP contribution in [0, 0.1) is 6.92 Å². The van der Waals surface area contributed by atoms with E-state index in [0.29, 0.717) is 11.7 Å². The Morgan fingerprint density at radius 3 is 3.19 bits per heavy atom. The van der Waals surface area contributed by atoms with E-state index in [9.17, 15) is 0 Å². The second kappa shape index (κ2) is 3.49. The van der Waals surface area contributed by atoms with Crippen LogP contribution in [0.25, 0.3) is 11.3 Å². The van der Waals surface area contributed by atoms with Crippen molar-refractivity contribution in [1.29, 1.82) is 0 Å². The Balaban J connectivity index is 2.29. The van der Waals surface area contributed by atoms with Crippen LogP contribution in [0.3, 0.4) is 0 Å². The number of hydrogen-bond donors (Lipinski definition) is 1. The lowest BCUT2D eigenvalue weighted by Gasteiger charge is -2.09. The molecule has 1 aliphatic heterocycles. The first-order chi connectivity index (χ1) is 7.75. The van der Waals surface area contributed by atoms with Gasteiger partial charge in [-0.05, 0) is 18.6 Å². The molecule has 0 spiro atoms. The molecule has 0 saturated carbocycles. The topological polar surface area (TPSA) is 48.1 Å². The van der Waals surface area contributed by atoms with Crippen molar-refractivity contribution < 1.29 is 4.74 Å². The maximum atomic E-state index is 5.79. The first-order valence-electron chi connectivity index (χ1n) is 5.23. The summed E-state index contributed by atoms with van der Waals surface area (Å²) in [6.07, 6.45) is 0.887. The summed E-state index contributed by atoms with van der Waals surface area (Å²) >= 11 is 1.56. The minimum absolute atomic E-state index is 0.638. The zero-order chi connectivity index (χ0) is 11.1. The third-order valence-electron chi connectivity index (χ3n) is 2.76. The van der Waals surface area contributed by atoms with Gasteiger partial charge < -0.3 is 10.5 Å². The Labute approximate surface area is 97.9 Å². The van der Waals surface area contributed by atoms with E-state index in [-0.39, 0.29) is 0 Å². The van der Waals surface area contributed by atoms with Crippen LogP contribution in [0.15, 0.2) is 18.2 Å². The molecule has 0 amide bonds. The number of aromatic nitrogens is 1. The molecular weight excluding hydrogens is 220 g/mol. The molecule has 1 aromatic carbocycles. The van der Waals surface area contributed by atoms with Gasteiger partial charge in [0.1, 0.15) is 5.75 Å². The van der Waals surface area contributed by atoms with Gasteiger partial charge in [-0.25, -0.2) is 4.98 Å². The Morgan fingerprint density at radius 2 is 2.31 bits per heavy atom. The number of fused-ring (bicyclic) bond motifs is 3. The summed E-state index contributed by atoms with van der Waals surface area (Å²) in [5.41, 5.74) is 8.99. The number of aryl methyl sites for hydroxylation is 1. The van der Waals surface area contributed by atoms with Crippen LogP contribution < -0.4 is 10.5 Å². The molecule has 2 aromatic rings. The molecular formula is C12H12N2OS. The van der Waals surface area contributed by atoms with Crippen LogP contribution in [-0.4, -0.2) is 11.6 Å². The molecule has 0 radical (unpaired) electrons. The van der Waals surface area contributed by atoms with Gasteiger partial charge >= 0.3 is 0 Å². The first kappa shape index (κ1) is 9.66. The lowest BCUT2D eigenvalue weighted by Crippen LogP contribution is -1.99. The minimum Gasteiger partial charge on any atom is -0.492 e. The van der Waals surface area contributed by atoms with Crippen LogP contribution >= 0.6 is 11.3 Å². The third-order valence-corrected chi connectivity index (χ3v) is 3.70. The maximum absolute atomic E-state index is 5.79. The zero-order valence-corrected chi connectivity index (χ0v) is 9.80. The highest BCUT2D eigenvalue weighted by Crippen LogP contribution is 2.39. The van der Waals surface area contributed by atoms with E-state index in [1.807, 2.05) is 12.1 Å². The van der Waals surface area contributed by atoms with Crippen molar-refractivity contribution in [3.05, 3.63) is 28.6 Å². The fourth-order valence-electron chi connectivity index (χ4n) is 2.03. The van der Waals surface area contributed by atoms with Crippen molar-refractivity contribution in [2.75, 3.05) is 12.3 Å². The molecule has 0 unspecified atom stereocenters. The second-order valence-electron chi connectivity index (χ2n) is 3.87. The summed E-state index contributed by atoms with van der Waals surface area (Å²) in [5.74, 6) is 0.951. The van der Waals surface area contributed by atoms with Gasteiger partial charge in [0, 0.05) is 16.9 Å². The Kier molecular flexibility index (Phi) is 2.11. The van der Waals surface area contributed by atoms with E-state index >= 15 is 0 Å². The maximum Gasteiger partial charge on any atom is 0.180 e. The first-order valence-corrected chi connectivity index (χ1v) is 6.05. The highest BCUT2D eigenvalue weighted by atomic mass is 32.1. The van der Waals surface area contributed by atoms with Crippen molar-refractivity contribution in [3.63, 3.8) is 0 Å². The van der Waals surface area contributed by atoms with E-state index in [0.717, 1.165) is 29.0 Å². The molecule has 1 aromatic heterocycles. The normalized spacial score (nSPS) is 13.6. The number of nitrogens with two attached hydrogens (primary N) is 1. The number of nitrogen functional groups attached to an aromatic ring is 1. The van der Waals surface area contributed by atoms with Crippen LogP contribution in [0.4, 0.5) is 5.13 Å². The monoisotopic (exact) mass is 232 g/mol. The van der Waals surface area contributed by atoms with Crippen molar-refractivity contribution in [2.45, 2.75) is 13.3 Å². The van der Waals surface area contributed by atoms with Gasteiger partial charge in [-0.1, -0.05) is 12.1 Å². The Hall–Kier alpha value is -1.55. The Morgan fingerprint density at radius 1 is 1.44 bits per heavy atom. The molecule has 0 fully saturated rings. The highest BCUT2D eigenvalue weighted by Gasteiger charge is 2.20. The van der Waals surface area contributed by atoms with Crippen molar-refractivity contribution in [2.24, 2.45) is 0 Å². The zero-order valence-electron chi connectivity index (χ0n) is 8.99. The highest BCUT2D eigenvalue weighted by molar-refractivity contribution is 7.15. The second-order valence-corrected chi connectivity index (χ2v) is 4.99. The number of para-hydroxylation sites is 1. The average Bonchev–Trinajstić information content (AvgIpc) is 2.53. The van der Waals surface area contributed by atoms with Crippen LogP contribution in [0.5, 0.6) is 5.75 Å². The number of thiazole rings is 1. The molecule has 1 aliphatic rings. The molecule has 2 N–H and O–H groups in total. The van der Waals surface area contributed by atoms with Gasteiger partial charge in [0.25, 0.3) is 0 Å². The largest absolute Gasteiger partial charge is 0.492 e. The summed E-state index contributed by atoms with van der Waals surface area (Å²) in [6.45, 7) is 2.76. The molecule has 3 nitrogen and oxygen atoms in total. The van der Waals surface area contributed by atoms with Gasteiger partial charge in [-0.15, -0.1) is 11.3 Å². The summed E-state index contributed by atoms with van der Waals surface area (Å²) in [6, 6.07) is 6.13. The summed E-state index contributed by atoms with van der Waals surface area (Å²) in [4.78, 5) is 5.63. The number of anilines is 1. The quantitative estimate of drug-likeness (QED) is 0.759. The molecule has 2 heterocycles. The number of ether oxygens (including phenoxy) is 1. The lowest BCUT2D eigenvalue weighted by molar-refractivity contribution is 0.325. The van der Waals surface area contributed by atoms with Gasteiger partial charge in [0.05, 0.1) is 12.3 Å². The van der Waals surface area contributed by atoms with E-state index < -0.39 is 0 Å². The molecule has 0 saturated heterocycles. The predicted octanol–water partition coefficient (Wildman–Crippen LogP) is 2.64. The van der Waals surface area contributed by atoms with Crippen molar-refractivity contribution in [1.82, 2.24) is 4.98 Å². The molecule has 4 heteroatoms. The number of rotatable bonds is 0. The van der Waals surface area contributed by atoms with E-state index in [1.54, 1.807) is 11.3 Å². The summed E-state index contributed by atoms with van der Waals surface area (Å²) in [7, 11) is 0. The van der Waals surface area contributed by atoms with Crippen molar-refractivity contribution >= 4 is 16.5 Å². The molecule has 0 atom stereocenters. The predicted molar refractivity (Wildman–Crippen MR) is 65.9 cm³/mol. The molecule has 16 heavy (non-hydrogen) atoms. The SMILES string of the molecule is Cc1cccc2c1OCCc1sc(N)nc1-2. The molecule has 3 rings (SSSR count). The smallest absolute Gasteiger partial charge is 0.180 e. The van der Waals surface area contributed by atoms with Crippen LogP contribution in [0.1, 0.15) is 10.4 Å². The fourth-order valence-corrected chi connectivity index (χ4v) is 2.85. The summed E-state index contributed by atoms with van der Waals surface area (Å²) < 4.78 is 5.79. The molecule has 82 valence electrons. The molecule has 0 aliphatic carbocycles. The average molecular weight is 232 g/mol. The van der Waals surface area contributed by atoms with Gasteiger partial charge in [-0.2, -0.15) is 0 Å². The third kappa shape index (κ3) is 1.38. The molecule has 0 bridgehead atoms. The van der Waals surface area contributed by atoms with E-state index in [1.165, 1.54) is 4.88 Å². The van der Waals surface area contributed by atoms with E-state index in [2.05, 4.69) is 18.0 Å². The van der Waals surface area contributed by atoms with Gasteiger partial charge in [0.2, 0.25) is 0 Å². The van der Waals surface area contributed by atoms with Crippen LogP contribution in [-0.2, 0) is 6.42 Å². The van der Waals surface area contributed by atoms with Gasteiger partial charge in [-0.3, -0.25) is 0 Å². The number of benzene rings is 1. The number of nitrogens with zero attached hydrogens (tertiary/aromatic N) is 1. The van der Waals surface area contributed by atoms with Crippen molar-refractivity contribution in [3.8, 4) is 17.0 Å².